The van der Waals surface area contributed by atoms with Crippen molar-refractivity contribution in [3.63, 3.8) is 0 Å². The molecule has 9 heteroatoms. The molecule has 9 nitrogen and oxygen atoms in total. The van der Waals surface area contributed by atoms with Gasteiger partial charge in [0.05, 0.1) is 19.8 Å². The lowest BCUT2D eigenvalue weighted by molar-refractivity contribution is -0.0745. The van der Waals surface area contributed by atoms with Crippen LogP contribution in [0.1, 0.15) is 170 Å². The number of rotatable bonds is 30. The number of benzene rings is 3. The molecule has 0 radical (unpaired) electrons. The molecule has 1 saturated heterocycles. The van der Waals surface area contributed by atoms with Gasteiger partial charge in [-0.05, 0) is 131 Å². The number of nitrogens with one attached hydrogen (secondary N) is 3. The van der Waals surface area contributed by atoms with Crippen LogP contribution in [0.15, 0.2) is 36.4 Å². The van der Waals surface area contributed by atoms with E-state index in [-0.39, 0.29) is 0 Å². The summed E-state index contributed by atoms with van der Waals surface area (Å²) in [7, 11) is 0. The highest BCUT2D eigenvalue weighted by atomic mass is 16.6. The molecule has 3 aromatic carbocycles. The minimum atomic E-state index is -0.642. The van der Waals surface area contributed by atoms with Gasteiger partial charge in [0.15, 0.2) is 0 Å². The van der Waals surface area contributed by atoms with E-state index in [1.807, 2.05) is 0 Å². The molecule has 1 fully saturated rings. The van der Waals surface area contributed by atoms with Crippen molar-refractivity contribution in [2.24, 2.45) is 0 Å². The Balaban J connectivity index is 1.45. The average Bonchev–Trinajstić information content (AvgIpc) is 3.21. The Kier molecular flexibility index (Phi) is 22.3. The lowest BCUT2D eigenvalue weighted by Crippen LogP contribution is -2.72. The van der Waals surface area contributed by atoms with E-state index in [1.54, 1.807) is 0 Å². The van der Waals surface area contributed by atoms with E-state index in [0.717, 1.165) is 107 Å². The molecule has 336 valence electrons. The van der Waals surface area contributed by atoms with Crippen LogP contribution in [0.5, 0.6) is 34.5 Å². The Labute approximate surface area is 364 Å². The van der Waals surface area contributed by atoms with E-state index in [0.29, 0.717) is 0 Å². The molecule has 0 aromatic heterocycles. The smallest absolute Gasteiger partial charge is 0.214 e. The van der Waals surface area contributed by atoms with Crippen molar-refractivity contribution in [2.75, 3.05) is 19.8 Å². The topological polar surface area (TPSA) is 91.5 Å². The molecule has 0 bridgehead atoms. The monoisotopic (exact) mass is 832 g/mol. The second kappa shape index (κ2) is 27.3. The van der Waals surface area contributed by atoms with E-state index in [4.69, 9.17) is 28.4 Å². The average molecular weight is 832 g/mol. The standard InChI is InChI=1S/C51H81N3O6/c1-10-13-16-19-22-25-28-55-43-31-40(7)46(34-37(43)4)58-49-52-50(59-47-35-38(5)44(32-41(47)8)56-29-26-23-20-17-14-11-2)54-51(53-49)60-48-36-39(6)45(33-42(48)9)57-30-27-24-21-18-15-12-3/h31-36,49-54H,10-30H2,1-9H3. The third kappa shape index (κ3) is 17.0. The van der Waals surface area contributed by atoms with Crippen LogP contribution in [-0.2, 0) is 0 Å². The molecule has 0 amide bonds. The van der Waals surface area contributed by atoms with Crippen molar-refractivity contribution < 1.29 is 28.4 Å². The van der Waals surface area contributed by atoms with Crippen molar-refractivity contribution in [3.8, 4) is 34.5 Å². The number of aryl methyl sites for hydroxylation is 6. The normalized spacial score (nSPS) is 16.4. The molecule has 1 aliphatic heterocycles. The molecular weight excluding hydrogens is 751 g/mol. The van der Waals surface area contributed by atoms with Crippen LogP contribution in [0.3, 0.4) is 0 Å². The van der Waals surface area contributed by atoms with Gasteiger partial charge in [0.1, 0.15) is 34.5 Å². The number of ether oxygens (including phenoxy) is 6. The minimum absolute atomic E-state index is 0.642. The zero-order valence-electron chi connectivity index (χ0n) is 39.0. The second-order valence-corrected chi connectivity index (χ2v) is 17.0. The number of hydrogen-bond acceptors (Lipinski definition) is 9. The lowest BCUT2D eigenvalue weighted by atomic mass is 10.1. The van der Waals surface area contributed by atoms with E-state index in [9.17, 15) is 0 Å². The Hall–Kier alpha value is -3.66. The first-order chi connectivity index (χ1) is 29.1. The highest BCUT2D eigenvalue weighted by Gasteiger charge is 2.32. The fourth-order valence-corrected chi connectivity index (χ4v) is 7.47. The van der Waals surface area contributed by atoms with Crippen molar-refractivity contribution in [1.29, 1.82) is 0 Å². The molecule has 4 rings (SSSR count). The fourth-order valence-electron chi connectivity index (χ4n) is 7.47. The molecule has 0 saturated carbocycles. The van der Waals surface area contributed by atoms with Crippen molar-refractivity contribution in [1.82, 2.24) is 16.0 Å². The molecular formula is C51H81N3O6. The largest absolute Gasteiger partial charge is 0.493 e. The van der Waals surface area contributed by atoms with Crippen LogP contribution in [0.4, 0.5) is 0 Å². The molecule has 3 aromatic rings. The van der Waals surface area contributed by atoms with E-state index >= 15 is 0 Å². The van der Waals surface area contributed by atoms with Gasteiger partial charge in [-0.3, -0.25) is 0 Å². The van der Waals surface area contributed by atoms with Gasteiger partial charge in [0, 0.05) is 0 Å². The molecule has 0 atom stereocenters. The van der Waals surface area contributed by atoms with Gasteiger partial charge in [-0.25, -0.2) is 16.0 Å². The van der Waals surface area contributed by atoms with Gasteiger partial charge in [0.2, 0.25) is 19.1 Å². The van der Waals surface area contributed by atoms with Crippen molar-refractivity contribution in [3.05, 3.63) is 69.8 Å². The molecule has 0 aliphatic carbocycles. The summed E-state index contributed by atoms with van der Waals surface area (Å²) in [4.78, 5) is 0. The molecule has 3 N–H and O–H groups in total. The van der Waals surface area contributed by atoms with Crippen LogP contribution in [-0.4, -0.2) is 38.9 Å². The number of hydrogen-bond donors (Lipinski definition) is 3. The van der Waals surface area contributed by atoms with Crippen LogP contribution in [0, 0.1) is 41.5 Å². The van der Waals surface area contributed by atoms with Gasteiger partial charge >= 0.3 is 0 Å². The zero-order valence-corrected chi connectivity index (χ0v) is 39.0. The Morgan fingerprint density at radius 2 is 0.533 bits per heavy atom. The van der Waals surface area contributed by atoms with Gasteiger partial charge < -0.3 is 28.4 Å². The van der Waals surface area contributed by atoms with Crippen LogP contribution in [0.2, 0.25) is 0 Å². The molecule has 0 spiro atoms. The first-order valence-electron chi connectivity index (χ1n) is 23.6. The Morgan fingerprint density at radius 1 is 0.317 bits per heavy atom. The van der Waals surface area contributed by atoms with Crippen molar-refractivity contribution in [2.45, 2.75) is 197 Å². The maximum absolute atomic E-state index is 6.64. The summed E-state index contributed by atoms with van der Waals surface area (Å²) < 4.78 is 38.6. The Bertz CT molecular complexity index is 1480. The summed E-state index contributed by atoms with van der Waals surface area (Å²) in [6, 6.07) is 12.4. The lowest BCUT2D eigenvalue weighted by Gasteiger charge is -2.38. The quantitative estimate of drug-likeness (QED) is 0.0568. The van der Waals surface area contributed by atoms with Gasteiger partial charge in [0.25, 0.3) is 0 Å². The maximum atomic E-state index is 6.64. The van der Waals surface area contributed by atoms with E-state index in [2.05, 4.69) is 115 Å². The minimum Gasteiger partial charge on any atom is -0.493 e. The molecule has 0 unspecified atom stereocenters. The second-order valence-electron chi connectivity index (χ2n) is 17.0. The third-order valence-corrected chi connectivity index (χ3v) is 11.3. The molecule has 1 aliphatic rings. The highest BCUT2D eigenvalue weighted by Crippen LogP contribution is 2.32. The summed E-state index contributed by atoms with van der Waals surface area (Å²) in [6.45, 7) is 21.3. The highest BCUT2D eigenvalue weighted by molar-refractivity contribution is 5.47. The predicted molar refractivity (Wildman–Crippen MR) is 247 cm³/mol. The van der Waals surface area contributed by atoms with Crippen LogP contribution in [0.25, 0.3) is 0 Å². The maximum Gasteiger partial charge on any atom is 0.214 e. The SMILES string of the molecule is CCCCCCCCOc1cc(C)c(OC2NC(Oc3cc(C)c(OCCCCCCCC)cc3C)NC(Oc3cc(C)c(OCCCCCCCC)cc3C)N2)cc1C. The summed E-state index contributed by atoms with van der Waals surface area (Å²) in [5.41, 5.74) is 6.06. The van der Waals surface area contributed by atoms with Gasteiger partial charge in [-0.1, -0.05) is 117 Å². The number of unbranched alkanes of at least 4 members (excludes halogenated alkanes) is 15. The van der Waals surface area contributed by atoms with E-state index < -0.39 is 19.1 Å². The fraction of sp³-hybridized carbons (Fsp3) is 0.647. The Morgan fingerprint density at radius 3 is 0.800 bits per heavy atom. The van der Waals surface area contributed by atoms with Crippen LogP contribution >= 0.6 is 0 Å². The molecule has 60 heavy (non-hydrogen) atoms. The van der Waals surface area contributed by atoms with Gasteiger partial charge in [-0.15, -0.1) is 0 Å². The first kappa shape index (κ1) is 49.0. The summed E-state index contributed by atoms with van der Waals surface area (Å²) >= 11 is 0. The zero-order chi connectivity index (χ0) is 43.1. The first-order valence-corrected chi connectivity index (χ1v) is 23.6. The summed E-state index contributed by atoms with van der Waals surface area (Å²) in [5, 5.41) is 10.4. The van der Waals surface area contributed by atoms with Gasteiger partial charge in [-0.2, -0.15) is 0 Å². The summed E-state index contributed by atoms with van der Waals surface area (Å²) in [6.07, 6.45) is 20.3. The molecule has 1 heterocycles. The predicted octanol–water partition coefficient (Wildman–Crippen LogP) is 12.9. The van der Waals surface area contributed by atoms with Crippen molar-refractivity contribution >= 4 is 0 Å². The summed E-state index contributed by atoms with van der Waals surface area (Å²) in [5.74, 6) is 4.96. The van der Waals surface area contributed by atoms with E-state index in [1.165, 1.54) is 96.3 Å². The third-order valence-electron chi connectivity index (χ3n) is 11.3. The van der Waals surface area contributed by atoms with Crippen LogP contribution < -0.4 is 44.4 Å².